The highest BCUT2D eigenvalue weighted by Gasteiger charge is 2.25. The maximum Gasteiger partial charge on any atom is 0.419 e. The molecule has 2 heterocycles. The predicted molar refractivity (Wildman–Crippen MR) is 107 cm³/mol. The highest BCUT2D eigenvalue weighted by molar-refractivity contribution is 5.82. The lowest BCUT2D eigenvalue weighted by molar-refractivity contribution is 0.289. The molecular formula is C23H22N2O2. The summed E-state index contributed by atoms with van der Waals surface area (Å²) in [5.41, 5.74) is 4.09. The van der Waals surface area contributed by atoms with E-state index in [1.54, 1.807) is 0 Å². The Bertz CT molecular complexity index is 1140. The second-order valence-electron chi connectivity index (χ2n) is 7.58. The first-order chi connectivity index (χ1) is 13.3. The van der Waals surface area contributed by atoms with Crippen molar-refractivity contribution >= 4 is 22.0 Å². The first-order valence-electron chi connectivity index (χ1n) is 9.71. The van der Waals surface area contributed by atoms with Crippen molar-refractivity contribution in [2.45, 2.75) is 38.1 Å². The van der Waals surface area contributed by atoms with E-state index in [4.69, 9.17) is 4.42 Å². The minimum Gasteiger partial charge on any atom is -0.408 e. The second-order valence-corrected chi connectivity index (χ2v) is 7.58. The topological polar surface area (TPSA) is 48.0 Å². The molecule has 5 rings (SSSR count). The third kappa shape index (κ3) is 2.95. The Morgan fingerprint density at radius 1 is 0.963 bits per heavy atom. The van der Waals surface area contributed by atoms with Crippen molar-refractivity contribution in [1.29, 1.82) is 0 Å². The average molecular weight is 358 g/mol. The Morgan fingerprint density at radius 2 is 1.74 bits per heavy atom. The predicted octanol–water partition coefficient (Wildman–Crippen LogP) is 5.12. The van der Waals surface area contributed by atoms with Gasteiger partial charge in [-0.1, -0.05) is 30.3 Å². The maximum atomic E-state index is 12.2. The van der Waals surface area contributed by atoms with Crippen molar-refractivity contribution in [2.75, 3.05) is 0 Å². The molecule has 0 bridgehead atoms. The molecule has 0 radical (unpaired) electrons. The third-order valence-electron chi connectivity index (χ3n) is 5.98. The van der Waals surface area contributed by atoms with Gasteiger partial charge in [-0.15, -0.1) is 0 Å². The van der Waals surface area contributed by atoms with Crippen LogP contribution in [-0.4, -0.2) is 9.55 Å². The van der Waals surface area contributed by atoms with Crippen LogP contribution in [0.2, 0.25) is 0 Å². The highest BCUT2D eigenvalue weighted by atomic mass is 16.4. The Hall–Kier alpha value is -2.88. The molecule has 136 valence electrons. The molecule has 0 unspecified atom stereocenters. The molecule has 2 aromatic heterocycles. The normalized spacial score (nSPS) is 20.3. The van der Waals surface area contributed by atoms with E-state index < -0.39 is 0 Å². The Balaban J connectivity index is 1.34. The van der Waals surface area contributed by atoms with Gasteiger partial charge in [0, 0.05) is 18.1 Å². The Labute approximate surface area is 157 Å². The van der Waals surface area contributed by atoms with Crippen molar-refractivity contribution < 1.29 is 4.42 Å². The zero-order chi connectivity index (χ0) is 18.2. The lowest BCUT2D eigenvalue weighted by atomic mass is 9.78. The summed E-state index contributed by atoms with van der Waals surface area (Å²) in [5.74, 6) is 0.860. The number of rotatable bonds is 3. The van der Waals surface area contributed by atoms with Gasteiger partial charge in [-0.3, -0.25) is 9.55 Å². The lowest BCUT2D eigenvalue weighted by Gasteiger charge is -2.29. The summed E-state index contributed by atoms with van der Waals surface area (Å²) in [5, 5.41) is 1.28. The van der Waals surface area contributed by atoms with Crippen molar-refractivity contribution in [2.24, 2.45) is 5.92 Å². The largest absolute Gasteiger partial charge is 0.419 e. The molecule has 2 aromatic carbocycles. The van der Waals surface area contributed by atoms with Crippen LogP contribution >= 0.6 is 0 Å². The summed E-state index contributed by atoms with van der Waals surface area (Å²) in [6, 6.07) is 18.3. The smallest absolute Gasteiger partial charge is 0.408 e. The molecule has 1 aliphatic rings. The van der Waals surface area contributed by atoms with Gasteiger partial charge in [-0.2, -0.15) is 0 Å². The van der Waals surface area contributed by atoms with E-state index in [2.05, 4.69) is 29.2 Å². The van der Waals surface area contributed by atoms with Crippen molar-refractivity contribution in [3.63, 3.8) is 0 Å². The summed E-state index contributed by atoms with van der Waals surface area (Å²) in [7, 11) is 0. The molecule has 0 saturated heterocycles. The van der Waals surface area contributed by atoms with Gasteiger partial charge in [0.05, 0.1) is 11.0 Å². The van der Waals surface area contributed by atoms with Gasteiger partial charge in [0.25, 0.3) is 0 Å². The number of fused-ring (bicyclic) bond motifs is 2. The number of nitrogens with zero attached hydrogens (tertiary/aromatic N) is 2. The first-order valence-corrected chi connectivity index (χ1v) is 9.71. The Morgan fingerprint density at radius 3 is 2.63 bits per heavy atom. The molecule has 0 aliphatic heterocycles. The van der Waals surface area contributed by atoms with Crippen LogP contribution < -0.4 is 5.76 Å². The standard InChI is InChI=1S/C23H22N2O2/c26-23-25(21-7-3-4-8-22(21)27-23)15-16-9-11-17(12-10-16)18-13-14-24-20-6-2-1-5-19(18)20/h1-8,13-14,16-17H,9-12,15H2/t16-,17-. The van der Waals surface area contributed by atoms with Crippen molar-refractivity contribution in [3.05, 3.63) is 76.9 Å². The highest BCUT2D eigenvalue weighted by Crippen LogP contribution is 2.38. The fourth-order valence-corrected chi connectivity index (χ4v) is 4.58. The van der Waals surface area contributed by atoms with E-state index >= 15 is 0 Å². The molecule has 1 fully saturated rings. The SMILES string of the molecule is O=c1oc2ccccc2n1C[C@H]1CC[C@H](c2ccnc3ccccc32)CC1. The molecular weight excluding hydrogens is 336 g/mol. The van der Waals surface area contributed by atoms with Gasteiger partial charge in [-0.25, -0.2) is 4.79 Å². The summed E-state index contributed by atoms with van der Waals surface area (Å²) in [4.78, 5) is 16.7. The average Bonchev–Trinajstić information content (AvgIpc) is 3.03. The van der Waals surface area contributed by atoms with Gasteiger partial charge in [0.2, 0.25) is 0 Å². The fourth-order valence-electron chi connectivity index (χ4n) is 4.58. The molecule has 0 N–H and O–H groups in total. The number of aromatic nitrogens is 2. The van der Waals surface area contributed by atoms with E-state index in [0.717, 1.165) is 43.3 Å². The number of benzene rings is 2. The summed E-state index contributed by atoms with van der Waals surface area (Å²) in [6.45, 7) is 0.750. The van der Waals surface area contributed by atoms with Gasteiger partial charge < -0.3 is 4.42 Å². The van der Waals surface area contributed by atoms with Crippen LogP contribution in [0, 0.1) is 5.92 Å². The minimum atomic E-state index is -0.238. The third-order valence-corrected chi connectivity index (χ3v) is 5.98. The number of para-hydroxylation sites is 3. The summed E-state index contributed by atoms with van der Waals surface area (Å²) in [6.07, 6.45) is 6.51. The van der Waals surface area contributed by atoms with Crippen molar-refractivity contribution in [1.82, 2.24) is 9.55 Å². The molecule has 0 spiro atoms. The van der Waals surface area contributed by atoms with Crippen LogP contribution in [0.4, 0.5) is 0 Å². The molecule has 27 heavy (non-hydrogen) atoms. The maximum absolute atomic E-state index is 12.2. The van der Waals surface area contributed by atoms with Crippen LogP contribution in [-0.2, 0) is 6.54 Å². The molecule has 1 aliphatic carbocycles. The number of pyridine rings is 1. The lowest BCUT2D eigenvalue weighted by Crippen LogP contribution is -2.23. The van der Waals surface area contributed by atoms with Gasteiger partial charge >= 0.3 is 5.76 Å². The molecule has 4 nitrogen and oxygen atoms in total. The summed E-state index contributed by atoms with van der Waals surface area (Å²) >= 11 is 0. The molecule has 0 atom stereocenters. The Kier molecular flexibility index (Phi) is 4.04. The van der Waals surface area contributed by atoms with Crippen LogP contribution in [0.5, 0.6) is 0 Å². The molecule has 0 amide bonds. The quantitative estimate of drug-likeness (QED) is 0.511. The van der Waals surface area contributed by atoms with Gasteiger partial charge in [0.1, 0.15) is 0 Å². The van der Waals surface area contributed by atoms with Crippen LogP contribution in [0.25, 0.3) is 22.0 Å². The minimum absolute atomic E-state index is 0.238. The van der Waals surface area contributed by atoms with Gasteiger partial charge in [-0.05, 0) is 67.3 Å². The fraction of sp³-hybridized carbons (Fsp3) is 0.304. The second kappa shape index (κ2) is 6.69. The van der Waals surface area contributed by atoms with Gasteiger partial charge in [0.15, 0.2) is 5.58 Å². The summed E-state index contributed by atoms with van der Waals surface area (Å²) < 4.78 is 7.19. The molecule has 1 saturated carbocycles. The van der Waals surface area contributed by atoms with Crippen LogP contribution in [0.1, 0.15) is 37.2 Å². The first kappa shape index (κ1) is 16.3. The van der Waals surface area contributed by atoms with Crippen LogP contribution in [0.3, 0.4) is 0 Å². The van der Waals surface area contributed by atoms with Crippen molar-refractivity contribution in [3.8, 4) is 0 Å². The van der Waals surface area contributed by atoms with E-state index in [-0.39, 0.29) is 5.76 Å². The monoisotopic (exact) mass is 358 g/mol. The van der Waals surface area contributed by atoms with E-state index in [9.17, 15) is 4.79 Å². The van der Waals surface area contributed by atoms with Crippen LogP contribution in [0.15, 0.2) is 70.0 Å². The van der Waals surface area contributed by atoms with E-state index in [0.29, 0.717) is 17.4 Å². The zero-order valence-corrected chi connectivity index (χ0v) is 15.2. The number of oxazole rings is 1. The van der Waals surface area contributed by atoms with E-state index in [1.807, 2.05) is 41.1 Å². The molecule has 4 heteroatoms. The van der Waals surface area contributed by atoms with E-state index in [1.165, 1.54) is 10.9 Å². The number of hydrogen-bond donors (Lipinski definition) is 0. The number of hydrogen-bond acceptors (Lipinski definition) is 3. The molecule has 4 aromatic rings. The zero-order valence-electron chi connectivity index (χ0n) is 15.2.